The molecular weight excluding hydrogens is 383 g/mol. The minimum atomic E-state index is -0.800. The van der Waals surface area contributed by atoms with Gasteiger partial charge in [0.05, 0.1) is 28.3 Å². The number of fused-ring (bicyclic) bond motifs is 1. The van der Waals surface area contributed by atoms with E-state index < -0.39 is 10.7 Å². The molecular formula is C20H13FN2O4S. The number of benzene rings is 2. The van der Waals surface area contributed by atoms with Gasteiger partial charge in [-0.25, -0.2) is 4.39 Å². The molecule has 0 saturated heterocycles. The van der Waals surface area contributed by atoms with Gasteiger partial charge in [-0.3, -0.25) is 15.1 Å². The van der Waals surface area contributed by atoms with Gasteiger partial charge in [-0.15, -0.1) is 11.3 Å². The van der Waals surface area contributed by atoms with Crippen LogP contribution in [0.3, 0.4) is 0 Å². The lowest BCUT2D eigenvalue weighted by Crippen LogP contribution is -1.92. The van der Waals surface area contributed by atoms with E-state index in [1.807, 2.05) is 30.3 Å². The minimum Gasteiger partial charge on any atom is -0.497 e. The Balaban J connectivity index is 1.70. The lowest BCUT2D eigenvalue weighted by molar-refractivity contribution is -0.385. The van der Waals surface area contributed by atoms with Crippen LogP contribution in [0.2, 0.25) is 0 Å². The van der Waals surface area contributed by atoms with Gasteiger partial charge in [-0.05, 0) is 42.0 Å². The highest BCUT2D eigenvalue weighted by molar-refractivity contribution is 7.22. The smallest absolute Gasteiger partial charge is 0.272 e. The van der Waals surface area contributed by atoms with Crippen LogP contribution in [-0.2, 0) is 0 Å². The molecule has 0 fully saturated rings. The largest absolute Gasteiger partial charge is 0.497 e. The van der Waals surface area contributed by atoms with E-state index >= 15 is 0 Å². The third-order valence-corrected chi connectivity index (χ3v) is 5.28. The molecule has 0 atom stereocenters. The van der Waals surface area contributed by atoms with E-state index in [1.165, 1.54) is 23.5 Å². The summed E-state index contributed by atoms with van der Waals surface area (Å²) in [4.78, 5) is 15.4. The Morgan fingerprint density at radius 2 is 1.86 bits per heavy atom. The lowest BCUT2D eigenvalue weighted by Gasteiger charge is -2.07. The predicted molar refractivity (Wildman–Crippen MR) is 105 cm³/mol. The molecule has 28 heavy (non-hydrogen) atoms. The van der Waals surface area contributed by atoms with Crippen LogP contribution in [-0.4, -0.2) is 17.0 Å². The van der Waals surface area contributed by atoms with Crippen LogP contribution >= 0.6 is 11.3 Å². The van der Waals surface area contributed by atoms with Gasteiger partial charge in [0.25, 0.3) is 5.69 Å². The number of nitro benzene ring substituents is 1. The molecule has 8 heteroatoms. The van der Waals surface area contributed by atoms with E-state index in [0.29, 0.717) is 5.75 Å². The third-order valence-electron chi connectivity index (χ3n) is 4.10. The Morgan fingerprint density at radius 1 is 1.07 bits per heavy atom. The molecule has 0 N–H and O–H groups in total. The Hall–Kier alpha value is -3.52. The van der Waals surface area contributed by atoms with E-state index in [-0.39, 0.29) is 11.4 Å². The number of non-ortho nitro benzene ring substituents is 1. The molecule has 0 radical (unpaired) electrons. The summed E-state index contributed by atoms with van der Waals surface area (Å²) >= 11 is 1.46. The zero-order valence-electron chi connectivity index (χ0n) is 14.6. The molecule has 0 bridgehead atoms. The summed E-state index contributed by atoms with van der Waals surface area (Å²) in [5.74, 6) is 0.312. The van der Waals surface area contributed by atoms with Crippen molar-refractivity contribution in [2.45, 2.75) is 0 Å². The van der Waals surface area contributed by atoms with Gasteiger partial charge in [0.15, 0.2) is 11.6 Å². The van der Waals surface area contributed by atoms with Gasteiger partial charge in [0.1, 0.15) is 11.5 Å². The fourth-order valence-corrected chi connectivity index (χ4v) is 3.77. The van der Waals surface area contributed by atoms with Crippen molar-refractivity contribution in [2.24, 2.45) is 0 Å². The highest BCUT2D eigenvalue weighted by atomic mass is 32.1. The summed E-state index contributed by atoms with van der Waals surface area (Å²) in [6.07, 6.45) is 1.57. The van der Waals surface area contributed by atoms with Gasteiger partial charge in [0, 0.05) is 23.2 Å². The van der Waals surface area contributed by atoms with Crippen LogP contribution < -0.4 is 9.47 Å². The van der Waals surface area contributed by atoms with E-state index in [2.05, 4.69) is 4.98 Å². The molecule has 6 nitrogen and oxygen atoms in total. The topological polar surface area (TPSA) is 74.5 Å². The number of pyridine rings is 1. The first-order valence-corrected chi connectivity index (χ1v) is 9.01. The maximum absolute atomic E-state index is 14.2. The summed E-state index contributed by atoms with van der Waals surface area (Å²) in [5.41, 5.74) is 1.38. The van der Waals surface area contributed by atoms with Crippen molar-refractivity contribution < 1.29 is 18.8 Å². The molecule has 2 aromatic carbocycles. The van der Waals surface area contributed by atoms with E-state index in [9.17, 15) is 14.5 Å². The van der Waals surface area contributed by atoms with Crippen molar-refractivity contribution in [3.63, 3.8) is 0 Å². The number of hydrogen-bond acceptors (Lipinski definition) is 6. The second-order valence-corrected chi connectivity index (χ2v) is 6.89. The van der Waals surface area contributed by atoms with Crippen LogP contribution in [0.4, 0.5) is 10.1 Å². The molecule has 2 aromatic heterocycles. The monoisotopic (exact) mass is 396 g/mol. The van der Waals surface area contributed by atoms with Gasteiger partial charge in [-0.1, -0.05) is 0 Å². The molecule has 0 unspecified atom stereocenters. The minimum absolute atomic E-state index is 0.0857. The zero-order valence-corrected chi connectivity index (χ0v) is 15.4. The van der Waals surface area contributed by atoms with E-state index in [1.54, 1.807) is 19.4 Å². The van der Waals surface area contributed by atoms with Crippen LogP contribution in [0.15, 0.2) is 60.8 Å². The molecule has 0 aliphatic heterocycles. The number of nitrogens with zero attached hydrogens (tertiary/aromatic N) is 2. The molecule has 0 amide bonds. The van der Waals surface area contributed by atoms with Gasteiger partial charge in [-0.2, -0.15) is 0 Å². The van der Waals surface area contributed by atoms with Crippen LogP contribution in [0.25, 0.3) is 20.7 Å². The number of thiophene rings is 1. The first kappa shape index (κ1) is 17.9. The second kappa shape index (κ2) is 7.24. The molecule has 0 saturated carbocycles. The number of hydrogen-bond donors (Lipinski definition) is 0. The summed E-state index contributed by atoms with van der Waals surface area (Å²) in [6, 6.07) is 14.5. The Bertz CT molecular complexity index is 1170. The maximum Gasteiger partial charge on any atom is 0.272 e. The molecule has 140 valence electrons. The highest BCUT2D eigenvalue weighted by Crippen LogP contribution is 2.40. The van der Waals surface area contributed by atoms with Crippen molar-refractivity contribution in [2.75, 3.05) is 7.11 Å². The number of rotatable bonds is 5. The maximum atomic E-state index is 14.2. The summed E-state index contributed by atoms with van der Waals surface area (Å²) in [7, 11) is 1.61. The van der Waals surface area contributed by atoms with Crippen molar-refractivity contribution in [1.82, 2.24) is 4.98 Å². The Kier molecular flexibility index (Phi) is 4.62. The van der Waals surface area contributed by atoms with E-state index in [0.717, 1.165) is 32.5 Å². The quantitative estimate of drug-likeness (QED) is 0.314. The molecule has 4 aromatic rings. The second-order valence-electron chi connectivity index (χ2n) is 5.84. The number of aromatic nitrogens is 1. The third kappa shape index (κ3) is 3.37. The standard InChI is InChI=1S/C20H13FN2O4S/c1-26-14-5-2-12(3-6-14)19-11-16-20(28-19)18(8-9-22-16)27-17-7-4-13(23(24)25)10-15(17)21/h2-11H,1H3. The molecule has 0 aliphatic rings. The summed E-state index contributed by atoms with van der Waals surface area (Å²) in [5, 5.41) is 10.8. The zero-order chi connectivity index (χ0) is 19.7. The normalized spacial score (nSPS) is 10.8. The first-order valence-electron chi connectivity index (χ1n) is 8.20. The van der Waals surface area contributed by atoms with Crippen LogP contribution in [0.5, 0.6) is 17.2 Å². The van der Waals surface area contributed by atoms with Crippen molar-refractivity contribution in [1.29, 1.82) is 0 Å². The summed E-state index contributed by atoms with van der Waals surface area (Å²) in [6.45, 7) is 0. The number of halogens is 1. The Morgan fingerprint density at radius 3 is 2.54 bits per heavy atom. The van der Waals surface area contributed by atoms with Gasteiger partial charge < -0.3 is 9.47 Å². The summed E-state index contributed by atoms with van der Waals surface area (Å²) < 4.78 is 25.8. The average Bonchev–Trinajstić information content (AvgIpc) is 3.14. The highest BCUT2D eigenvalue weighted by Gasteiger charge is 2.15. The number of methoxy groups -OCH3 is 1. The first-order chi connectivity index (χ1) is 13.5. The Labute approximate surface area is 162 Å². The number of nitro groups is 1. The lowest BCUT2D eigenvalue weighted by atomic mass is 10.2. The number of ether oxygens (including phenoxy) is 2. The van der Waals surface area contributed by atoms with Gasteiger partial charge in [0.2, 0.25) is 0 Å². The molecule has 4 rings (SSSR count). The van der Waals surface area contributed by atoms with Crippen LogP contribution in [0, 0.1) is 15.9 Å². The van der Waals surface area contributed by atoms with Crippen molar-refractivity contribution >= 4 is 27.2 Å². The molecule has 2 heterocycles. The predicted octanol–water partition coefficient (Wildman–Crippen LogP) is 5.81. The molecule has 0 aliphatic carbocycles. The fraction of sp³-hybridized carbons (Fsp3) is 0.0500. The average molecular weight is 396 g/mol. The van der Waals surface area contributed by atoms with Crippen molar-refractivity contribution in [3.8, 4) is 27.7 Å². The van der Waals surface area contributed by atoms with Crippen LogP contribution in [0.1, 0.15) is 0 Å². The van der Waals surface area contributed by atoms with E-state index in [4.69, 9.17) is 9.47 Å². The fourth-order valence-electron chi connectivity index (χ4n) is 2.70. The SMILES string of the molecule is COc1ccc(-c2cc3nccc(Oc4ccc([N+](=O)[O-])cc4F)c3s2)cc1. The van der Waals surface area contributed by atoms with Crippen molar-refractivity contribution in [3.05, 3.63) is 76.7 Å². The van der Waals surface area contributed by atoms with Gasteiger partial charge >= 0.3 is 0 Å². The molecule has 0 spiro atoms.